The fourth-order valence-electron chi connectivity index (χ4n) is 3.15. The number of aromatic amines is 1. The molecule has 138 valence electrons. The third-order valence-electron chi connectivity index (χ3n) is 4.46. The Hall–Kier alpha value is -2.75. The van der Waals surface area contributed by atoms with Gasteiger partial charge < -0.3 is 9.84 Å². The monoisotopic (exact) mass is 377 g/mol. The molecule has 1 aromatic heterocycles. The highest BCUT2D eigenvalue weighted by Crippen LogP contribution is 2.36. The standard InChI is InChI=1S/C16H19N5O4S/c1-25-13-8-10(7-12(14(13)22)21(23)24)9-17-20-15(18-19-16(20)26)11-5-3-2-4-6-11/h7-9,11,22H,2-6H2,1H3,(H,19,26)/b17-9+. The van der Waals surface area contributed by atoms with Crippen molar-refractivity contribution in [2.24, 2.45) is 5.10 Å². The summed E-state index contributed by atoms with van der Waals surface area (Å²) in [7, 11) is 1.33. The molecule has 9 nitrogen and oxygen atoms in total. The summed E-state index contributed by atoms with van der Waals surface area (Å²) in [6.45, 7) is 0. The van der Waals surface area contributed by atoms with Crippen molar-refractivity contribution in [2.45, 2.75) is 38.0 Å². The molecule has 0 radical (unpaired) electrons. The van der Waals surface area contributed by atoms with Gasteiger partial charge in [-0.2, -0.15) is 14.9 Å². The maximum atomic E-state index is 11.1. The van der Waals surface area contributed by atoms with Crippen LogP contribution in [0.25, 0.3) is 0 Å². The number of benzene rings is 1. The molecule has 1 saturated carbocycles. The van der Waals surface area contributed by atoms with Crippen molar-refractivity contribution in [1.82, 2.24) is 14.9 Å². The van der Waals surface area contributed by atoms with Crippen LogP contribution in [0.4, 0.5) is 5.69 Å². The molecule has 10 heteroatoms. The summed E-state index contributed by atoms with van der Waals surface area (Å²) in [4.78, 5) is 10.4. The predicted molar refractivity (Wildman–Crippen MR) is 97.5 cm³/mol. The van der Waals surface area contributed by atoms with Crippen LogP contribution in [0.3, 0.4) is 0 Å². The van der Waals surface area contributed by atoms with Gasteiger partial charge in [0.15, 0.2) is 11.6 Å². The zero-order valence-corrected chi connectivity index (χ0v) is 15.0. The number of phenols is 1. The largest absolute Gasteiger partial charge is 0.500 e. The first-order valence-electron chi connectivity index (χ1n) is 8.28. The summed E-state index contributed by atoms with van der Waals surface area (Å²) < 4.78 is 6.91. The molecule has 0 unspecified atom stereocenters. The number of aromatic hydroxyl groups is 1. The number of H-pyrrole nitrogens is 1. The van der Waals surface area contributed by atoms with E-state index in [-0.39, 0.29) is 11.7 Å². The summed E-state index contributed by atoms with van der Waals surface area (Å²) in [6.07, 6.45) is 7.03. The van der Waals surface area contributed by atoms with Crippen LogP contribution >= 0.6 is 12.2 Å². The molecule has 0 aliphatic heterocycles. The summed E-state index contributed by atoms with van der Waals surface area (Å²) in [5.74, 6) is 0.546. The van der Waals surface area contributed by atoms with E-state index in [0.717, 1.165) is 31.5 Å². The van der Waals surface area contributed by atoms with Crippen molar-refractivity contribution in [1.29, 1.82) is 0 Å². The van der Waals surface area contributed by atoms with Gasteiger partial charge in [-0.3, -0.25) is 15.2 Å². The van der Waals surface area contributed by atoms with E-state index in [1.807, 2.05) is 0 Å². The van der Waals surface area contributed by atoms with Gasteiger partial charge in [-0.1, -0.05) is 19.3 Å². The van der Waals surface area contributed by atoms with Gasteiger partial charge in [0.2, 0.25) is 10.5 Å². The molecule has 0 amide bonds. The van der Waals surface area contributed by atoms with Crippen LogP contribution in [0.2, 0.25) is 0 Å². The molecule has 0 bridgehead atoms. The van der Waals surface area contributed by atoms with Crippen molar-refractivity contribution in [3.05, 3.63) is 38.4 Å². The van der Waals surface area contributed by atoms with E-state index >= 15 is 0 Å². The van der Waals surface area contributed by atoms with Crippen LogP contribution in [0.15, 0.2) is 17.2 Å². The summed E-state index contributed by atoms with van der Waals surface area (Å²) in [6, 6.07) is 2.70. The van der Waals surface area contributed by atoms with Gasteiger partial charge in [0, 0.05) is 17.5 Å². The van der Waals surface area contributed by atoms with Crippen LogP contribution in [-0.4, -0.2) is 38.2 Å². The zero-order chi connectivity index (χ0) is 18.7. The molecule has 0 saturated heterocycles. The van der Waals surface area contributed by atoms with Crippen molar-refractivity contribution in [2.75, 3.05) is 7.11 Å². The summed E-state index contributed by atoms with van der Waals surface area (Å²) >= 11 is 5.25. The topological polar surface area (TPSA) is 119 Å². The number of nitrogens with one attached hydrogen (secondary N) is 1. The van der Waals surface area contributed by atoms with E-state index in [9.17, 15) is 15.2 Å². The molecule has 0 atom stereocenters. The van der Waals surface area contributed by atoms with Gasteiger partial charge >= 0.3 is 5.69 Å². The first-order chi connectivity index (χ1) is 12.5. The lowest BCUT2D eigenvalue weighted by molar-refractivity contribution is -0.386. The molecular formula is C16H19N5O4S. The smallest absolute Gasteiger partial charge is 0.315 e. The lowest BCUT2D eigenvalue weighted by Crippen LogP contribution is -2.10. The van der Waals surface area contributed by atoms with Gasteiger partial charge in [-0.25, -0.2) is 0 Å². The lowest BCUT2D eigenvalue weighted by atomic mass is 9.89. The van der Waals surface area contributed by atoms with Gasteiger partial charge in [-0.05, 0) is 31.1 Å². The Morgan fingerprint density at radius 1 is 1.46 bits per heavy atom. The average Bonchev–Trinajstić information content (AvgIpc) is 3.02. The number of hydrogen-bond acceptors (Lipinski definition) is 7. The van der Waals surface area contributed by atoms with Crippen LogP contribution in [0.5, 0.6) is 11.5 Å². The van der Waals surface area contributed by atoms with Crippen molar-refractivity contribution in [3.63, 3.8) is 0 Å². The minimum atomic E-state index is -0.674. The number of aromatic nitrogens is 3. The van der Waals surface area contributed by atoms with Crippen molar-refractivity contribution in [3.8, 4) is 11.5 Å². The summed E-state index contributed by atoms with van der Waals surface area (Å²) in [5.41, 5.74) is -0.0434. The Morgan fingerprint density at radius 3 is 2.85 bits per heavy atom. The van der Waals surface area contributed by atoms with E-state index in [1.54, 1.807) is 4.68 Å². The van der Waals surface area contributed by atoms with Crippen LogP contribution in [0, 0.1) is 14.9 Å². The molecule has 1 fully saturated rings. The Labute approximate surface area is 154 Å². The zero-order valence-electron chi connectivity index (χ0n) is 14.2. The number of rotatable bonds is 5. The molecule has 26 heavy (non-hydrogen) atoms. The third-order valence-corrected chi connectivity index (χ3v) is 4.73. The maximum absolute atomic E-state index is 11.1. The first-order valence-corrected chi connectivity index (χ1v) is 8.69. The van der Waals surface area contributed by atoms with Gasteiger partial charge in [-0.15, -0.1) is 0 Å². The van der Waals surface area contributed by atoms with Gasteiger partial charge in [0.1, 0.15) is 0 Å². The van der Waals surface area contributed by atoms with E-state index in [2.05, 4.69) is 15.3 Å². The minimum Gasteiger partial charge on any atom is -0.500 e. The molecule has 1 aromatic carbocycles. The first kappa shape index (κ1) is 18.1. The fraction of sp³-hybridized carbons (Fsp3) is 0.438. The third kappa shape index (κ3) is 3.59. The second kappa shape index (κ2) is 7.65. The Balaban J connectivity index is 1.96. The number of methoxy groups -OCH3 is 1. The molecule has 3 rings (SSSR count). The number of ether oxygens (including phenoxy) is 1. The molecular weight excluding hydrogens is 358 g/mol. The normalized spacial score (nSPS) is 15.4. The SMILES string of the molecule is COc1cc(/C=N/n2c(C3CCCCC3)n[nH]c2=S)cc([N+](=O)[O-])c1O. The van der Waals surface area contributed by atoms with Crippen LogP contribution < -0.4 is 4.74 Å². The lowest BCUT2D eigenvalue weighted by Gasteiger charge is -2.19. The molecule has 2 aromatic rings. The molecule has 2 N–H and O–H groups in total. The Bertz CT molecular complexity index is 899. The van der Waals surface area contributed by atoms with Crippen molar-refractivity contribution >= 4 is 24.1 Å². The van der Waals surface area contributed by atoms with Crippen LogP contribution in [-0.2, 0) is 0 Å². The van der Waals surface area contributed by atoms with Gasteiger partial charge in [0.25, 0.3) is 0 Å². The molecule has 0 spiro atoms. The number of nitro benzene ring substituents is 1. The van der Waals surface area contributed by atoms with E-state index in [4.69, 9.17) is 17.0 Å². The summed E-state index contributed by atoms with van der Waals surface area (Å²) in [5, 5.41) is 32.4. The fourth-order valence-corrected chi connectivity index (χ4v) is 3.33. The van der Waals surface area contributed by atoms with E-state index < -0.39 is 16.4 Å². The quantitative estimate of drug-likeness (QED) is 0.356. The second-order valence-electron chi connectivity index (χ2n) is 6.13. The minimum absolute atomic E-state index is 0.00365. The molecule has 1 aliphatic rings. The predicted octanol–water partition coefficient (Wildman–Crippen LogP) is 3.49. The number of phenolic OH excluding ortho intramolecular Hbond substituents is 1. The second-order valence-corrected chi connectivity index (χ2v) is 6.51. The maximum Gasteiger partial charge on any atom is 0.315 e. The Morgan fingerprint density at radius 2 is 2.19 bits per heavy atom. The Kier molecular flexibility index (Phi) is 5.31. The molecule has 1 aliphatic carbocycles. The van der Waals surface area contributed by atoms with E-state index in [0.29, 0.717) is 10.3 Å². The average molecular weight is 377 g/mol. The van der Waals surface area contributed by atoms with Crippen molar-refractivity contribution < 1.29 is 14.8 Å². The number of hydrogen-bond donors (Lipinski definition) is 2. The van der Waals surface area contributed by atoms with Crippen LogP contribution in [0.1, 0.15) is 49.4 Å². The highest BCUT2D eigenvalue weighted by molar-refractivity contribution is 7.71. The number of nitro groups is 1. The highest BCUT2D eigenvalue weighted by Gasteiger charge is 2.22. The van der Waals surface area contributed by atoms with Gasteiger partial charge in [0.05, 0.1) is 18.2 Å². The van der Waals surface area contributed by atoms with E-state index in [1.165, 1.54) is 31.9 Å². The highest BCUT2D eigenvalue weighted by atomic mass is 32.1. The molecule has 1 heterocycles. The number of nitrogens with zero attached hydrogens (tertiary/aromatic N) is 4.